The number of sulfonamides is 1. The van der Waals surface area contributed by atoms with E-state index in [1.807, 2.05) is 0 Å². The molecule has 0 bridgehead atoms. The first kappa shape index (κ1) is 22.9. The van der Waals surface area contributed by atoms with Crippen molar-refractivity contribution >= 4 is 27.5 Å². The van der Waals surface area contributed by atoms with E-state index < -0.39 is 27.7 Å². The second-order valence-corrected chi connectivity index (χ2v) is 9.00. The first-order valence-corrected chi connectivity index (χ1v) is 11.2. The van der Waals surface area contributed by atoms with Gasteiger partial charge in [0.25, 0.3) is 5.91 Å². The summed E-state index contributed by atoms with van der Waals surface area (Å²) in [4.78, 5) is 25.9. The number of ether oxygens (including phenoxy) is 1. The minimum atomic E-state index is -3.72. The van der Waals surface area contributed by atoms with E-state index in [9.17, 15) is 22.4 Å². The van der Waals surface area contributed by atoms with Gasteiger partial charge in [-0.2, -0.15) is 0 Å². The molecule has 1 aliphatic heterocycles. The molecule has 2 N–H and O–H groups in total. The van der Waals surface area contributed by atoms with Crippen molar-refractivity contribution in [1.82, 2.24) is 9.62 Å². The maximum Gasteiger partial charge on any atom is 0.254 e. The minimum absolute atomic E-state index is 0.0357. The highest BCUT2D eigenvalue weighted by Gasteiger charge is 2.21. The lowest BCUT2D eigenvalue weighted by atomic mass is 10.2. The molecular formula is C21H24FN3O5S. The summed E-state index contributed by atoms with van der Waals surface area (Å²) in [5.74, 6) is -1.42. The smallest absolute Gasteiger partial charge is 0.254 e. The maximum absolute atomic E-state index is 13.2. The molecule has 2 amide bonds. The summed E-state index contributed by atoms with van der Waals surface area (Å²) in [5, 5.41) is 2.52. The Morgan fingerprint density at radius 2 is 1.94 bits per heavy atom. The van der Waals surface area contributed by atoms with Gasteiger partial charge in [0.15, 0.2) is 0 Å². The largest absolute Gasteiger partial charge is 0.377 e. The third kappa shape index (κ3) is 6.33. The normalized spacial score (nSPS) is 16.1. The second kappa shape index (κ2) is 9.99. The summed E-state index contributed by atoms with van der Waals surface area (Å²) in [6.45, 7) is 0.585. The zero-order valence-electron chi connectivity index (χ0n) is 17.0. The molecule has 0 saturated carbocycles. The molecule has 2 aromatic rings. The number of nitrogens with one attached hydrogen (secondary N) is 2. The van der Waals surface area contributed by atoms with Gasteiger partial charge in [0.1, 0.15) is 5.82 Å². The van der Waals surface area contributed by atoms with Gasteiger partial charge in [0.2, 0.25) is 15.9 Å². The standard InChI is InChI=1S/C21H24FN3O5S/c1-25(14-20(26)24-17-5-2-4-16(22)12-17)21(27)15-7-9-19(10-8-15)31(28,29)23-13-18-6-3-11-30-18/h2,4-5,7-10,12,18,23H,3,6,11,13-14H2,1H3,(H,24,26)/t18-/m0/s1. The number of carbonyl (C=O) groups excluding carboxylic acids is 2. The third-order valence-corrected chi connectivity index (χ3v) is 6.21. The third-order valence-electron chi connectivity index (χ3n) is 4.77. The van der Waals surface area contributed by atoms with Crippen molar-refractivity contribution < 1.29 is 27.1 Å². The number of likely N-dealkylation sites (N-methyl/N-ethyl adjacent to an activating group) is 1. The van der Waals surface area contributed by atoms with Gasteiger partial charge in [-0.1, -0.05) is 6.07 Å². The minimum Gasteiger partial charge on any atom is -0.377 e. The fraction of sp³-hybridized carbons (Fsp3) is 0.333. The molecule has 8 nitrogen and oxygen atoms in total. The summed E-state index contributed by atoms with van der Waals surface area (Å²) in [6, 6.07) is 10.9. The summed E-state index contributed by atoms with van der Waals surface area (Å²) < 4.78 is 45.9. The number of carbonyl (C=O) groups is 2. The number of hydrogen-bond donors (Lipinski definition) is 2. The average Bonchev–Trinajstić information content (AvgIpc) is 3.25. The molecular weight excluding hydrogens is 425 g/mol. The summed E-state index contributed by atoms with van der Waals surface area (Å²) in [5.41, 5.74) is 0.523. The first-order valence-electron chi connectivity index (χ1n) is 9.77. The predicted molar refractivity (Wildman–Crippen MR) is 113 cm³/mol. The van der Waals surface area contributed by atoms with E-state index in [2.05, 4.69) is 10.0 Å². The second-order valence-electron chi connectivity index (χ2n) is 7.23. The molecule has 1 heterocycles. The molecule has 1 atom stereocenters. The van der Waals surface area contributed by atoms with E-state index in [1.54, 1.807) is 0 Å². The van der Waals surface area contributed by atoms with Crippen LogP contribution < -0.4 is 10.0 Å². The van der Waals surface area contributed by atoms with Gasteiger partial charge in [0, 0.05) is 31.5 Å². The van der Waals surface area contributed by atoms with Crippen molar-refractivity contribution in [3.05, 3.63) is 59.9 Å². The monoisotopic (exact) mass is 449 g/mol. The number of anilines is 1. The predicted octanol–water partition coefficient (Wildman–Crippen LogP) is 1.99. The fourth-order valence-electron chi connectivity index (χ4n) is 3.14. The molecule has 0 spiro atoms. The average molecular weight is 450 g/mol. The molecule has 1 fully saturated rings. The van der Waals surface area contributed by atoms with E-state index in [0.717, 1.165) is 12.8 Å². The number of amides is 2. The van der Waals surface area contributed by atoms with Crippen molar-refractivity contribution in [3.8, 4) is 0 Å². The highest BCUT2D eigenvalue weighted by atomic mass is 32.2. The van der Waals surface area contributed by atoms with Gasteiger partial charge < -0.3 is 15.0 Å². The van der Waals surface area contributed by atoms with Crippen molar-refractivity contribution in [2.45, 2.75) is 23.8 Å². The number of nitrogens with zero attached hydrogens (tertiary/aromatic N) is 1. The van der Waals surface area contributed by atoms with Crippen molar-refractivity contribution in [2.24, 2.45) is 0 Å². The SMILES string of the molecule is CN(CC(=O)Nc1cccc(F)c1)C(=O)c1ccc(S(=O)(=O)NC[C@@H]2CCCO2)cc1. The first-order chi connectivity index (χ1) is 14.7. The Balaban J connectivity index is 1.56. The Labute approximate surface area is 180 Å². The fourth-order valence-corrected chi connectivity index (χ4v) is 4.21. The topological polar surface area (TPSA) is 105 Å². The van der Waals surface area contributed by atoms with Gasteiger partial charge in [-0.25, -0.2) is 17.5 Å². The van der Waals surface area contributed by atoms with E-state index in [1.165, 1.54) is 60.5 Å². The lowest BCUT2D eigenvalue weighted by molar-refractivity contribution is -0.116. The van der Waals surface area contributed by atoms with Gasteiger partial charge in [-0.3, -0.25) is 9.59 Å². The van der Waals surface area contributed by atoms with E-state index in [0.29, 0.717) is 6.61 Å². The lowest BCUT2D eigenvalue weighted by Gasteiger charge is -2.17. The van der Waals surface area contributed by atoms with Crippen LogP contribution in [0.3, 0.4) is 0 Å². The zero-order chi connectivity index (χ0) is 22.4. The van der Waals surface area contributed by atoms with E-state index >= 15 is 0 Å². The number of benzene rings is 2. The van der Waals surface area contributed by atoms with Crippen molar-refractivity contribution in [3.63, 3.8) is 0 Å². The van der Waals surface area contributed by atoms with Crippen LogP contribution in [0.1, 0.15) is 23.2 Å². The Morgan fingerprint density at radius 3 is 2.58 bits per heavy atom. The Morgan fingerprint density at radius 1 is 1.19 bits per heavy atom. The molecule has 10 heteroatoms. The highest BCUT2D eigenvalue weighted by molar-refractivity contribution is 7.89. The Kier molecular flexibility index (Phi) is 7.37. The maximum atomic E-state index is 13.2. The molecule has 166 valence electrons. The summed E-state index contributed by atoms with van der Waals surface area (Å²) in [7, 11) is -2.27. The number of halogens is 1. The van der Waals surface area contributed by atoms with Crippen LogP contribution >= 0.6 is 0 Å². The van der Waals surface area contributed by atoms with Crippen LogP contribution in [0.25, 0.3) is 0 Å². The molecule has 1 aliphatic rings. The van der Waals surface area contributed by atoms with Gasteiger partial charge >= 0.3 is 0 Å². The molecule has 0 radical (unpaired) electrons. The highest BCUT2D eigenvalue weighted by Crippen LogP contribution is 2.15. The number of hydrogen-bond acceptors (Lipinski definition) is 5. The van der Waals surface area contributed by atoms with Gasteiger partial charge in [-0.15, -0.1) is 0 Å². The lowest BCUT2D eigenvalue weighted by Crippen LogP contribution is -2.35. The van der Waals surface area contributed by atoms with Crippen molar-refractivity contribution in [2.75, 3.05) is 32.1 Å². The van der Waals surface area contributed by atoms with Crippen LogP contribution in [0.5, 0.6) is 0 Å². The zero-order valence-corrected chi connectivity index (χ0v) is 17.8. The van der Waals surface area contributed by atoms with E-state index in [4.69, 9.17) is 4.74 Å². The molecule has 0 aromatic heterocycles. The van der Waals surface area contributed by atoms with Crippen LogP contribution in [0.2, 0.25) is 0 Å². The summed E-state index contributed by atoms with van der Waals surface area (Å²) >= 11 is 0. The van der Waals surface area contributed by atoms with Crippen LogP contribution in [-0.4, -0.2) is 58.0 Å². The molecule has 31 heavy (non-hydrogen) atoms. The van der Waals surface area contributed by atoms with E-state index in [-0.39, 0.29) is 35.3 Å². The quantitative estimate of drug-likeness (QED) is 0.641. The van der Waals surface area contributed by atoms with Gasteiger partial charge in [0.05, 0.1) is 17.5 Å². The molecule has 2 aromatic carbocycles. The molecule has 1 saturated heterocycles. The van der Waals surface area contributed by atoms with Crippen LogP contribution in [-0.2, 0) is 19.6 Å². The molecule has 0 aliphatic carbocycles. The molecule has 0 unspecified atom stereocenters. The van der Waals surface area contributed by atoms with Crippen LogP contribution in [0.15, 0.2) is 53.4 Å². The summed E-state index contributed by atoms with van der Waals surface area (Å²) in [6.07, 6.45) is 1.61. The Hall–Kier alpha value is -2.82. The molecule has 3 rings (SSSR count). The van der Waals surface area contributed by atoms with Crippen molar-refractivity contribution in [1.29, 1.82) is 0 Å². The Bertz CT molecular complexity index is 1040. The van der Waals surface area contributed by atoms with Crippen LogP contribution in [0.4, 0.5) is 10.1 Å². The van der Waals surface area contributed by atoms with Crippen LogP contribution in [0, 0.1) is 5.82 Å². The van der Waals surface area contributed by atoms with Gasteiger partial charge in [-0.05, 0) is 55.3 Å². The number of rotatable bonds is 8.